The molecule has 4 aliphatic carbocycles. The molecule has 0 bridgehead atoms. The third kappa shape index (κ3) is 5.65. The molecule has 4 rings (SSSR count). The van der Waals surface area contributed by atoms with E-state index in [9.17, 15) is 4.79 Å². The van der Waals surface area contributed by atoms with Crippen molar-refractivity contribution >= 4 is 37.8 Å². The Kier molecular flexibility index (Phi) is 9.64. The van der Waals surface area contributed by atoms with Gasteiger partial charge in [0, 0.05) is 22.0 Å². The first-order valence-corrected chi connectivity index (χ1v) is 17.6. The van der Waals surface area contributed by atoms with E-state index in [0.717, 1.165) is 54.8 Å². The standard InChI is InChI=1S/C33H56Br2O2/c1-8-22(4)18-30(36)37-24-14-17-32(7)28-15-16-31(6)26(23(5)11-9-10-21(2)3)12-13-27(31)25(28)19-29(34)33(32,35)20-24/h21-29H,8-20H2,1-7H3/t22-,23+,24+,25+,26-,27+,28+,29-,31-,32-,33+/m1/s1. The SMILES string of the molecule is CC[C@@H](C)CC(=O)O[C@H]1CC[C@]2(C)[C@H]3CC[C@]4(C)[C@@H]([C@@H](C)CCCC(C)C)CC[C@H]4[C@@H]3C[C@@H](Br)[C@@]2(Br)C1. The summed E-state index contributed by atoms with van der Waals surface area (Å²) in [5.74, 6) is 5.50. The van der Waals surface area contributed by atoms with Gasteiger partial charge in [0.15, 0.2) is 0 Å². The summed E-state index contributed by atoms with van der Waals surface area (Å²) < 4.78 is 6.10. The second-order valence-corrected chi connectivity index (χ2v) is 17.5. The monoisotopic (exact) mass is 642 g/mol. The van der Waals surface area contributed by atoms with E-state index < -0.39 is 0 Å². The van der Waals surface area contributed by atoms with Gasteiger partial charge in [-0.15, -0.1) is 0 Å². The van der Waals surface area contributed by atoms with Gasteiger partial charge in [-0.25, -0.2) is 0 Å². The molecule has 0 aromatic carbocycles. The minimum Gasteiger partial charge on any atom is -0.462 e. The normalized spacial score (nSPS) is 45.0. The van der Waals surface area contributed by atoms with Crippen LogP contribution in [0.5, 0.6) is 0 Å². The maximum Gasteiger partial charge on any atom is 0.306 e. The van der Waals surface area contributed by atoms with Crippen LogP contribution in [0.2, 0.25) is 0 Å². The Labute approximate surface area is 245 Å². The first-order chi connectivity index (χ1) is 17.4. The highest BCUT2D eigenvalue weighted by Crippen LogP contribution is 2.71. The molecule has 4 aliphatic rings. The number of carbonyl (C=O) groups is 1. The van der Waals surface area contributed by atoms with Crippen molar-refractivity contribution in [3.8, 4) is 0 Å². The smallest absolute Gasteiger partial charge is 0.306 e. The number of ether oxygens (including phenoxy) is 1. The zero-order valence-corrected chi connectivity index (χ0v) is 28.1. The van der Waals surface area contributed by atoms with Crippen LogP contribution < -0.4 is 0 Å². The quantitative estimate of drug-likeness (QED) is 0.184. The van der Waals surface area contributed by atoms with E-state index in [0.29, 0.717) is 22.6 Å². The minimum atomic E-state index is 0.00630. The highest BCUT2D eigenvalue weighted by molar-refractivity contribution is 9.12. The third-order valence-electron chi connectivity index (χ3n) is 12.4. The molecule has 0 aliphatic heterocycles. The maximum atomic E-state index is 12.6. The van der Waals surface area contributed by atoms with Crippen molar-refractivity contribution in [1.29, 1.82) is 0 Å². The average Bonchev–Trinajstić information content (AvgIpc) is 3.18. The highest BCUT2D eigenvalue weighted by atomic mass is 79.9. The van der Waals surface area contributed by atoms with E-state index in [1.165, 1.54) is 57.8 Å². The number of carbonyl (C=O) groups excluding carboxylic acids is 1. The summed E-state index contributed by atoms with van der Waals surface area (Å²) in [4.78, 5) is 13.1. The Morgan fingerprint density at radius 3 is 2.41 bits per heavy atom. The minimum absolute atomic E-state index is 0.00630. The van der Waals surface area contributed by atoms with E-state index in [-0.39, 0.29) is 21.8 Å². The van der Waals surface area contributed by atoms with Gasteiger partial charge in [0.25, 0.3) is 0 Å². The maximum absolute atomic E-state index is 12.6. The fourth-order valence-corrected chi connectivity index (χ4v) is 12.1. The Morgan fingerprint density at radius 2 is 1.73 bits per heavy atom. The number of hydrogen-bond donors (Lipinski definition) is 0. The molecule has 214 valence electrons. The molecule has 0 N–H and O–H groups in total. The van der Waals surface area contributed by atoms with Crippen molar-refractivity contribution in [3.05, 3.63) is 0 Å². The van der Waals surface area contributed by atoms with Crippen LogP contribution in [0.4, 0.5) is 0 Å². The van der Waals surface area contributed by atoms with Gasteiger partial charge in [-0.1, -0.05) is 106 Å². The van der Waals surface area contributed by atoms with Crippen molar-refractivity contribution in [2.45, 2.75) is 147 Å². The molecule has 0 heterocycles. The fourth-order valence-electron chi connectivity index (χ4n) is 9.94. The summed E-state index contributed by atoms with van der Waals surface area (Å²) in [5.41, 5.74) is 0.780. The Hall–Kier alpha value is 0.430. The predicted molar refractivity (Wildman–Crippen MR) is 163 cm³/mol. The molecule has 37 heavy (non-hydrogen) atoms. The number of alkyl halides is 2. The van der Waals surface area contributed by atoms with Gasteiger partial charge in [0.2, 0.25) is 0 Å². The lowest BCUT2D eigenvalue weighted by molar-refractivity contribution is -0.159. The zero-order valence-electron chi connectivity index (χ0n) is 25.0. The van der Waals surface area contributed by atoms with E-state index in [4.69, 9.17) is 4.74 Å². The van der Waals surface area contributed by atoms with Crippen LogP contribution in [0.25, 0.3) is 0 Å². The van der Waals surface area contributed by atoms with Crippen LogP contribution in [-0.4, -0.2) is 21.2 Å². The van der Waals surface area contributed by atoms with Crippen LogP contribution in [0.15, 0.2) is 0 Å². The predicted octanol–water partition coefficient (Wildman–Crippen LogP) is 10.3. The molecule has 0 spiro atoms. The van der Waals surface area contributed by atoms with Gasteiger partial charge in [-0.3, -0.25) is 4.79 Å². The summed E-state index contributed by atoms with van der Waals surface area (Å²) in [6, 6.07) is 0. The van der Waals surface area contributed by atoms with Gasteiger partial charge in [-0.2, -0.15) is 0 Å². The molecule has 0 saturated heterocycles. The molecule has 11 atom stereocenters. The largest absolute Gasteiger partial charge is 0.462 e. The van der Waals surface area contributed by atoms with Gasteiger partial charge in [0.05, 0.1) is 0 Å². The third-order valence-corrected chi connectivity index (χ3v) is 16.0. The van der Waals surface area contributed by atoms with Crippen molar-refractivity contribution < 1.29 is 9.53 Å². The first-order valence-electron chi connectivity index (χ1n) is 15.9. The summed E-state index contributed by atoms with van der Waals surface area (Å²) in [6.07, 6.45) is 15.9. The Bertz CT molecular complexity index is 799. The number of esters is 1. The number of hydrogen-bond acceptors (Lipinski definition) is 2. The fraction of sp³-hybridized carbons (Fsp3) is 0.970. The zero-order chi connectivity index (χ0) is 27.2. The lowest BCUT2D eigenvalue weighted by Crippen LogP contribution is -2.64. The highest BCUT2D eigenvalue weighted by Gasteiger charge is 2.67. The first kappa shape index (κ1) is 30.4. The van der Waals surface area contributed by atoms with Gasteiger partial charge >= 0.3 is 5.97 Å². The second-order valence-electron chi connectivity index (χ2n) is 15.0. The molecule has 0 radical (unpaired) electrons. The second kappa shape index (κ2) is 11.7. The van der Waals surface area contributed by atoms with Crippen molar-refractivity contribution in [3.63, 3.8) is 0 Å². The molecule has 4 heteroatoms. The van der Waals surface area contributed by atoms with E-state index in [2.05, 4.69) is 80.3 Å². The van der Waals surface area contributed by atoms with Crippen LogP contribution in [-0.2, 0) is 9.53 Å². The van der Waals surface area contributed by atoms with Crippen molar-refractivity contribution in [2.75, 3.05) is 0 Å². The molecular formula is C33H56Br2O2. The summed E-state index contributed by atoms with van der Waals surface area (Å²) in [6.45, 7) is 16.9. The van der Waals surface area contributed by atoms with E-state index >= 15 is 0 Å². The van der Waals surface area contributed by atoms with Crippen LogP contribution in [0.3, 0.4) is 0 Å². The average molecular weight is 645 g/mol. The summed E-state index contributed by atoms with van der Waals surface area (Å²) in [7, 11) is 0. The lowest BCUT2D eigenvalue weighted by atomic mass is 9.44. The van der Waals surface area contributed by atoms with Gasteiger partial charge in [-0.05, 0) is 97.2 Å². The molecule has 0 amide bonds. The molecule has 2 nitrogen and oxygen atoms in total. The van der Waals surface area contributed by atoms with Crippen molar-refractivity contribution in [1.82, 2.24) is 0 Å². The lowest BCUT2D eigenvalue weighted by Gasteiger charge is -2.66. The van der Waals surface area contributed by atoms with Crippen LogP contribution in [0, 0.1) is 52.3 Å². The molecule has 0 aromatic rings. The molecule has 0 unspecified atom stereocenters. The van der Waals surface area contributed by atoms with Crippen LogP contribution in [0.1, 0.15) is 132 Å². The number of halogens is 2. The van der Waals surface area contributed by atoms with Gasteiger partial charge in [0.1, 0.15) is 6.10 Å². The molecule has 0 aromatic heterocycles. The van der Waals surface area contributed by atoms with Gasteiger partial charge < -0.3 is 4.74 Å². The molecule has 4 fully saturated rings. The summed E-state index contributed by atoms with van der Waals surface area (Å²) >= 11 is 8.62. The van der Waals surface area contributed by atoms with E-state index in [1.807, 2.05) is 0 Å². The number of rotatable bonds is 9. The van der Waals surface area contributed by atoms with E-state index in [1.54, 1.807) is 0 Å². The Morgan fingerprint density at radius 1 is 1.00 bits per heavy atom. The Balaban J connectivity index is 1.46. The van der Waals surface area contributed by atoms with Crippen molar-refractivity contribution in [2.24, 2.45) is 52.3 Å². The van der Waals surface area contributed by atoms with Crippen LogP contribution >= 0.6 is 31.9 Å². The summed E-state index contributed by atoms with van der Waals surface area (Å²) in [5, 5.41) is 0. The molecule has 4 saturated carbocycles. The number of fused-ring (bicyclic) bond motifs is 5. The topological polar surface area (TPSA) is 26.3 Å². The molecular weight excluding hydrogens is 588 g/mol.